The molecule has 5 aromatic rings. The molecule has 0 aliphatic heterocycles. The van der Waals surface area contributed by atoms with Gasteiger partial charge in [0, 0.05) is 13.1 Å². The molecule has 0 aliphatic rings. The summed E-state index contributed by atoms with van der Waals surface area (Å²) in [6.07, 6.45) is -2.27. The molecule has 5 rings (SSSR count). The molecule has 7 nitrogen and oxygen atoms in total. The molecule has 10 heteroatoms. The topological polar surface area (TPSA) is 69.2 Å². The van der Waals surface area contributed by atoms with E-state index in [1.807, 2.05) is 65.6 Å². The van der Waals surface area contributed by atoms with Crippen LogP contribution in [0.2, 0.25) is 0 Å². The van der Waals surface area contributed by atoms with E-state index in [2.05, 4.69) is 15.5 Å². The molecule has 0 N–H and O–H groups in total. The molecule has 40 heavy (non-hydrogen) atoms. The Kier molecular flexibility index (Phi) is 8.26. The quantitative estimate of drug-likeness (QED) is 0.193. The third-order valence-electron chi connectivity index (χ3n) is 6.64. The monoisotopic (exact) mass is 547 g/mol. The molecule has 0 bridgehead atoms. The smallest absolute Gasteiger partial charge is 0.416 e. The van der Waals surface area contributed by atoms with E-state index >= 15 is 0 Å². The number of nitrogens with zero attached hydrogens (tertiary/aromatic N) is 5. The second-order valence-electron chi connectivity index (χ2n) is 9.35. The Bertz CT molecular complexity index is 1490. The number of ether oxygens (including phenoxy) is 1. The first-order valence-electron chi connectivity index (χ1n) is 12.8. The zero-order valence-corrected chi connectivity index (χ0v) is 21.8. The summed E-state index contributed by atoms with van der Waals surface area (Å²) < 4.78 is 54.0. The van der Waals surface area contributed by atoms with Crippen molar-refractivity contribution in [3.63, 3.8) is 0 Å². The van der Waals surface area contributed by atoms with E-state index < -0.39 is 17.8 Å². The van der Waals surface area contributed by atoms with Gasteiger partial charge in [-0.1, -0.05) is 54.6 Å². The zero-order valence-electron chi connectivity index (χ0n) is 21.8. The number of alkyl halides is 3. The van der Waals surface area contributed by atoms with Crippen molar-refractivity contribution in [1.82, 2.24) is 25.1 Å². The molecule has 0 saturated carbocycles. The molecule has 2 heterocycles. The molecular formula is C30H28F3N5O2. The lowest BCUT2D eigenvalue weighted by atomic mass is 10.00. The van der Waals surface area contributed by atoms with Gasteiger partial charge in [-0.3, -0.25) is 4.90 Å². The van der Waals surface area contributed by atoms with Gasteiger partial charge >= 0.3 is 6.18 Å². The average Bonchev–Trinajstić information content (AvgIpc) is 3.65. The van der Waals surface area contributed by atoms with Gasteiger partial charge in [0.2, 0.25) is 0 Å². The van der Waals surface area contributed by atoms with E-state index in [1.54, 1.807) is 30.2 Å². The lowest BCUT2D eigenvalue weighted by Gasteiger charge is -2.31. The molecule has 0 spiro atoms. The Balaban J connectivity index is 1.57. The summed E-state index contributed by atoms with van der Waals surface area (Å²) in [5, 5.41) is 12.5. The summed E-state index contributed by atoms with van der Waals surface area (Å²) in [5.74, 6) is 1.81. The van der Waals surface area contributed by atoms with E-state index in [0.29, 0.717) is 49.0 Å². The van der Waals surface area contributed by atoms with E-state index in [-0.39, 0.29) is 0 Å². The van der Waals surface area contributed by atoms with Crippen molar-refractivity contribution in [2.45, 2.75) is 38.3 Å². The van der Waals surface area contributed by atoms with Gasteiger partial charge in [-0.15, -0.1) is 5.10 Å². The van der Waals surface area contributed by atoms with Crippen LogP contribution in [0.4, 0.5) is 13.2 Å². The van der Waals surface area contributed by atoms with Crippen LogP contribution in [0.15, 0.2) is 102 Å². The third kappa shape index (κ3) is 6.58. The first-order chi connectivity index (χ1) is 19.4. The second-order valence-corrected chi connectivity index (χ2v) is 9.35. The number of hydrogen-bond donors (Lipinski definition) is 0. The highest BCUT2D eigenvalue weighted by atomic mass is 19.4. The summed E-state index contributed by atoms with van der Waals surface area (Å²) in [5.41, 5.74) is 1.73. The molecular weight excluding hydrogens is 519 g/mol. The minimum atomic E-state index is -4.50. The molecule has 0 aliphatic carbocycles. The zero-order chi connectivity index (χ0) is 28.0. The molecule has 1 unspecified atom stereocenters. The fourth-order valence-electron chi connectivity index (χ4n) is 4.66. The van der Waals surface area contributed by atoms with Crippen LogP contribution in [-0.4, -0.2) is 32.2 Å². The number of halogens is 3. The molecule has 1 atom stereocenters. The highest BCUT2D eigenvalue weighted by Crippen LogP contribution is 2.35. The Hall–Kier alpha value is -4.44. The van der Waals surface area contributed by atoms with Crippen LogP contribution >= 0.6 is 0 Å². The Morgan fingerprint density at radius 2 is 1.70 bits per heavy atom. The first kappa shape index (κ1) is 27.1. The summed E-state index contributed by atoms with van der Waals surface area (Å²) in [7, 11) is 1.59. The number of rotatable bonds is 11. The van der Waals surface area contributed by atoms with Crippen LogP contribution in [0.5, 0.6) is 5.75 Å². The molecule has 3 aromatic carbocycles. The van der Waals surface area contributed by atoms with Gasteiger partial charge in [0.1, 0.15) is 11.5 Å². The molecule has 206 valence electrons. The van der Waals surface area contributed by atoms with E-state index in [0.717, 1.165) is 17.2 Å². The fourth-order valence-corrected chi connectivity index (χ4v) is 4.66. The first-order valence-corrected chi connectivity index (χ1v) is 12.8. The van der Waals surface area contributed by atoms with Gasteiger partial charge in [0.15, 0.2) is 5.82 Å². The van der Waals surface area contributed by atoms with E-state index in [9.17, 15) is 13.2 Å². The van der Waals surface area contributed by atoms with Gasteiger partial charge in [-0.25, -0.2) is 4.68 Å². The van der Waals surface area contributed by atoms with Crippen molar-refractivity contribution in [3.05, 3.63) is 131 Å². The molecule has 0 amide bonds. The Morgan fingerprint density at radius 3 is 2.40 bits per heavy atom. The highest BCUT2D eigenvalue weighted by Gasteiger charge is 2.34. The van der Waals surface area contributed by atoms with Crippen LogP contribution in [0, 0.1) is 0 Å². The molecule has 2 aromatic heterocycles. The summed E-state index contributed by atoms with van der Waals surface area (Å²) in [4.78, 5) is 2.01. The number of hydrogen-bond acceptors (Lipinski definition) is 6. The van der Waals surface area contributed by atoms with Gasteiger partial charge in [-0.05, 0) is 69.9 Å². The van der Waals surface area contributed by atoms with Gasteiger partial charge in [-0.2, -0.15) is 13.2 Å². The highest BCUT2D eigenvalue weighted by molar-refractivity contribution is 5.33. The second kappa shape index (κ2) is 12.2. The maximum atomic E-state index is 13.8. The summed E-state index contributed by atoms with van der Waals surface area (Å²) >= 11 is 0. The van der Waals surface area contributed by atoms with Crippen LogP contribution in [0.25, 0.3) is 0 Å². The Morgan fingerprint density at radius 1 is 0.900 bits per heavy atom. The predicted molar refractivity (Wildman–Crippen MR) is 142 cm³/mol. The lowest BCUT2D eigenvalue weighted by Crippen LogP contribution is -2.31. The van der Waals surface area contributed by atoms with Crippen molar-refractivity contribution >= 4 is 0 Å². The van der Waals surface area contributed by atoms with Crippen molar-refractivity contribution in [3.8, 4) is 5.75 Å². The standard InChI is InChI=1S/C30H28F3N5O2/c1-39-26-14-12-23(13-15-26)20-37(21-27-11-6-18-40-27)28(24-9-5-10-25(19-24)30(31,32)33)29-34-35-36-38(29)17-16-22-7-3-2-4-8-22/h2-15,18-19,28H,16-17,20-21H2,1H3. The van der Waals surface area contributed by atoms with Crippen molar-refractivity contribution < 1.29 is 22.3 Å². The molecule has 0 saturated heterocycles. The normalized spacial score (nSPS) is 12.5. The fraction of sp³-hybridized carbons (Fsp3) is 0.233. The lowest BCUT2D eigenvalue weighted by molar-refractivity contribution is -0.137. The average molecular weight is 548 g/mol. The van der Waals surface area contributed by atoms with Gasteiger partial charge < -0.3 is 9.15 Å². The number of tetrazole rings is 1. The number of aromatic nitrogens is 4. The van der Waals surface area contributed by atoms with Gasteiger partial charge in [0.25, 0.3) is 0 Å². The van der Waals surface area contributed by atoms with E-state index in [1.165, 1.54) is 12.1 Å². The Labute approximate surface area is 229 Å². The van der Waals surface area contributed by atoms with Crippen molar-refractivity contribution in [1.29, 1.82) is 0 Å². The number of benzene rings is 3. The minimum Gasteiger partial charge on any atom is -0.497 e. The molecule has 0 radical (unpaired) electrons. The largest absolute Gasteiger partial charge is 0.497 e. The van der Waals surface area contributed by atoms with Crippen molar-refractivity contribution in [2.24, 2.45) is 0 Å². The minimum absolute atomic E-state index is 0.311. The maximum Gasteiger partial charge on any atom is 0.416 e. The summed E-state index contributed by atoms with van der Waals surface area (Å²) in [6, 6.07) is 25.7. The van der Waals surface area contributed by atoms with E-state index in [4.69, 9.17) is 9.15 Å². The maximum absolute atomic E-state index is 13.8. The van der Waals surface area contributed by atoms with Crippen LogP contribution in [-0.2, 0) is 32.2 Å². The SMILES string of the molecule is COc1ccc(CN(Cc2ccco2)C(c2cccc(C(F)(F)F)c2)c2nnnn2CCc2ccccc2)cc1. The van der Waals surface area contributed by atoms with Gasteiger partial charge in [0.05, 0.1) is 31.5 Å². The number of aryl methyl sites for hydroxylation is 2. The van der Waals surface area contributed by atoms with Crippen molar-refractivity contribution in [2.75, 3.05) is 7.11 Å². The van der Waals surface area contributed by atoms with Crippen LogP contribution in [0.3, 0.4) is 0 Å². The number of methoxy groups -OCH3 is 1. The predicted octanol–water partition coefficient (Wildman–Crippen LogP) is 6.33. The molecule has 0 fully saturated rings. The van der Waals surface area contributed by atoms with Crippen LogP contribution in [0.1, 0.15) is 39.9 Å². The number of furan rings is 1. The van der Waals surface area contributed by atoms with Crippen LogP contribution < -0.4 is 4.74 Å². The summed E-state index contributed by atoms with van der Waals surface area (Å²) in [6.45, 7) is 1.15. The third-order valence-corrected chi connectivity index (χ3v) is 6.64.